The van der Waals surface area contributed by atoms with Gasteiger partial charge in [0.15, 0.2) is 0 Å². The number of nitrogens with zero attached hydrogens (tertiary/aromatic N) is 1. The third kappa shape index (κ3) is 4.25. The summed E-state index contributed by atoms with van der Waals surface area (Å²) in [5.41, 5.74) is -0.161. The number of halogens is 1. The van der Waals surface area contributed by atoms with Gasteiger partial charge in [0.25, 0.3) is 5.91 Å². The first-order valence-electron chi connectivity index (χ1n) is 5.02. The first kappa shape index (κ1) is 15.0. The van der Waals surface area contributed by atoms with Gasteiger partial charge in [-0.15, -0.1) is 0 Å². The van der Waals surface area contributed by atoms with Gasteiger partial charge in [0, 0.05) is 4.47 Å². The Balaban J connectivity index is 3.04. The summed E-state index contributed by atoms with van der Waals surface area (Å²) in [4.78, 5) is 33.8. The van der Waals surface area contributed by atoms with E-state index in [4.69, 9.17) is 10.2 Å². The lowest BCUT2D eigenvalue weighted by atomic mass is 10.1. The van der Waals surface area contributed by atoms with E-state index in [0.717, 1.165) is 0 Å². The van der Waals surface area contributed by atoms with Gasteiger partial charge in [0.1, 0.15) is 18.8 Å². The Labute approximate surface area is 116 Å². The van der Waals surface area contributed by atoms with Crippen LogP contribution in [0.5, 0.6) is 5.75 Å². The molecule has 0 aliphatic rings. The molecule has 0 heterocycles. The summed E-state index contributed by atoms with van der Waals surface area (Å²) in [6.45, 7) is -1.53. The average molecular weight is 332 g/mol. The average Bonchev–Trinajstić information content (AvgIpc) is 2.26. The Hall–Kier alpha value is -2.09. The molecule has 0 aliphatic heterocycles. The molecular weight excluding hydrogens is 322 g/mol. The molecule has 1 rings (SSSR count). The minimum Gasteiger partial charge on any atom is -0.507 e. The van der Waals surface area contributed by atoms with Crippen LogP contribution < -0.4 is 0 Å². The van der Waals surface area contributed by atoms with Gasteiger partial charge in [-0.1, -0.05) is 15.9 Å². The summed E-state index contributed by atoms with van der Waals surface area (Å²) in [6.07, 6.45) is 0. The third-order valence-corrected chi connectivity index (χ3v) is 2.62. The first-order valence-corrected chi connectivity index (χ1v) is 5.82. The molecule has 0 spiro atoms. The quantitative estimate of drug-likeness (QED) is 0.733. The second-order valence-corrected chi connectivity index (χ2v) is 4.53. The zero-order chi connectivity index (χ0) is 14.6. The van der Waals surface area contributed by atoms with Gasteiger partial charge in [-0.2, -0.15) is 0 Å². The highest BCUT2D eigenvalue weighted by Gasteiger charge is 2.23. The van der Waals surface area contributed by atoms with Crippen LogP contribution in [-0.4, -0.2) is 51.2 Å². The van der Waals surface area contributed by atoms with Gasteiger partial charge in [0.05, 0.1) is 5.56 Å². The Bertz CT molecular complexity index is 514. The van der Waals surface area contributed by atoms with Crippen molar-refractivity contribution in [3.8, 4) is 5.75 Å². The second-order valence-electron chi connectivity index (χ2n) is 3.61. The van der Waals surface area contributed by atoms with E-state index in [9.17, 15) is 19.5 Å². The minimum absolute atomic E-state index is 0.161. The Morgan fingerprint density at radius 1 is 1.11 bits per heavy atom. The lowest BCUT2D eigenvalue weighted by Crippen LogP contribution is -2.39. The van der Waals surface area contributed by atoms with Crippen LogP contribution in [0.3, 0.4) is 0 Å². The molecule has 7 nitrogen and oxygen atoms in total. The van der Waals surface area contributed by atoms with E-state index in [-0.39, 0.29) is 11.3 Å². The van der Waals surface area contributed by atoms with Crippen LogP contribution >= 0.6 is 15.9 Å². The molecule has 102 valence electrons. The zero-order valence-corrected chi connectivity index (χ0v) is 11.1. The molecule has 3 N–H and O–H groups in total. The largest absolute Gasteiger partial charge is 0.507 e. The number of carboxylic acids is 2. The molecule has 0 atom stereocenters. The van der Waals surface area contributed by atoms with E-state index in [1.165, 1.54) is 18.2 Å². The topological polar surface area (TPSA) is 115 Å². The van der Waals surface area contributed by atoms with Crippen LogP contribution in [0.25, 0.3) is 0 Å². The Morgan fingerprint density at radius 3 is 2.05 bits per heavy atom. The van der Waals surface area contributed by atoms with Crippen LogP contribution in [0.1, 0.15) is 10.4 Å². The van der Waals surface area contributed by atoms with Crippen LogP contribution in [0.15, 0.2) is 22.7 Å². The van der Waals surface area contributed by atoms with Gasteiger partial charge in [0.2, 0.25) is 0 Å². The molecule has 0 aromatic heterocycles. The van der Waals surface area contributed by atoms with Crippen molar-refractivity contribution >= 4 is 33.8 Å². The highest BCUT2D eigenvalue weighted by molar-refractivity contribution is 9.10. The molecule has 0 radical (unpaired) electrons. The van der Waals surface area contributed by atoms with Crippen molar-refractivity contribution in [3.05, 3.63) is 28.2 Å². The third-order valence-electron chi connectivity index (χ3n) is 2.13. The monoisotopic (exact) mass is 331 g/mol. The molecule has 1 aromatic rings. The summed E-state index contributed by atoms with van der Waals surface area (Å²) in [5, 5.41) is 26.9. The molecule has 1 aromatic carbocycles. The van der Waals surface area contributed by atoms with E-state index in [0.29, 0.717) is 9.37 Å². The highest BCUT2D eigenvalue weighted by Crippen LogP contribution is 2.23. The SMILES string of the molecule is O=C(O)CN(CC(=O)O)C(=O)c1ccc(Br)cc1O. The number of hydrogen-bond donors (Lipinski definition) is 3. The number of carbonyl (C=O) groups excluding carboxylic acids is 1. The van der Waals surface area contributed by atoms with Crippen molar-refractivity contribution in [1.29, 1.82) is 0 Å². The van der Waals surface area contributed by atoms with Gasteiger partial charge in [-0.3, -0.25) is 14.4 Å². The molecule has 8 heteroatoms. The molecule has 0 unspecified atom stereocenters. The van der Waals surface area contributed by atoms with Crippen molar-refractivity contribution in [3.63, 3.8) is 0 Å². The number of carbonyl (C=O) groups is 3. The van der Waals surface area contributed by atoms with Crippen LogP contribution in [-0.2, 0) is 9.59 Å². The Morgan fingerprint density at radius 2 is 1.63 bits per heavy atom. The minimum atomic E-state index is -1.34. The smallest absolute Gasteiger partial charge is 0.323 e. The molecule has 19 heavy (non-hydrogen) atoms. The fourth-order valence-corrected chi connectivity index (χ4v) is 1.73. The number of amides is 1. The number of carboxylic acid groups (broad SMARTS) is 2. The number of benzene rings is 1. The van der Waals surface area contributed by atoms with E-state index >= 15 is 0 Å². The normalized spacial score (nSPS) is 9.95. The van der Waals surface area contributed by atoms with Crippen LogP contribution in [0, 0.1) is 0 Å². The number of rotatable bonds is 5. The molecule has 0 bridgehead atoms. The molecule has 1 amide bonds. The number of aliphatic carboxylic acids is 2. The van der Waals surface area contributed by atoms with E-state index in [2.05, 4.69) is 15.9 Å². The number of phenolic OH excluding ortho intramolecular Hbond substituents is 1. The summed E-state index contributed by atoms with van der Waals surface area (Å²) in [6, 6.07) is 4.01. The van der Waals surface area contributed by atoms with Gasteiger partial charge in [-0.05, 0) is 18.2 Å². The van der Waals surface area contributed by atoms with Crippen molar-refractivity contribution < 1.29 is 29.7 Å². The van der Waals surface area contributed by atoms with Crippen molar-refractivity contribution in [2.45, 2.75) is 0 Å². The zero-order valence-electron chi connectivity index (χ0n) is 9.54. The van der Waals surface area contributed by atoms with E-state index in [1.807, 2.05) is 0 Å². The number of hydrogen-bond acceptors (Lipinski definition) is 4. The van der Waals surface area contributed by atoms with E-state index in [1.54, 1.807) is 0 Å². The highest BCUT2D eigenvalue weighted by atomic mass is 79.9. The maximum atomic E-state index is 12.0. The number of phenols is 1. The maximum absolute atomic E-state index is 12.0. The molecule has 0 aliphatic carbocycles. The van der Waals surface area contributed by atoms with Gasteiger partial charge in [-0.25, -0.2) is 0 Å². The first-order chi connectivity index (χ1) is 8.81. The summed E-state index contributed by atoms with van der Waals surface area (Å²) >= 11 is 3.09. The summed E-state index contributed by atoms with van der Waals surface area (Å²) in [5.74, 6) is -3.91. The van der Waals surface area contributed by atoms with Gasteiger partial charge < -0.3 is 20.2 Å². The summed E-state index contributed by atoms with van der Waals surface area (Å²) in [7, 11) is 0. The van der Waals surface area contributed by atoms with Crippen molar-refractivity contribution in [2.75, 3.05) is 13.1 Å². The fourth-order valence-electron chi connectivity index (χ4n) is 1.38. The lowest BCUT2D eigenvalue weighted by Gasteiger charge is -2.19. The number of aromatic hydroxyl groups is 1. The van der Waals surface area contributed by atoms with E-state index < -0.39 is 30.9 Å². The maximum Gasteiger partial charge on any atom is 0.323 e. The molecule has 0 fully saturated rings. The lowest BCUT2D eigenvalue weighted by molar-refractivity contribution is -0.140. The second kappa shape index (κ2) is 6.19. The predicted molar refractivity (Wildman–Crippen MR) is 67.0 cm³/mol. The van der Waals surface area contributed by atoms with Crippen molar-refractivity contribution in [1.82, 2.24) is 4.90 Å². The van der Waals surface area contributed by atoms with Crippen LogP contribution in [0.2, 0.25) is 0 Å². The van der Waals surface area contributed by atoms with Gasteiger partial charge >= 0.3 is 11.9 Å². The standard InChI is InChI=1S/C11H10BrNO6/c12-6-1-2-7(8(14)3-6)11(19)13(4-9(15)16)5-10(17)18/h1-3,14H,4-5H2,(H,15,16)(H,17,18). The van der Waals surface area contributed by atoms with Crippen molar-refractivity contribution in [2.24, 2.45) is 0 Å². The molecule has 0 saturated heterocycles. The Kier molecular flexibility index (Phi) is 4.87. The van der Waals surface area contributed by atoms with Crippen LogP contribution in [0.4, 0.5) is 0 Å². The molecule has 0 saturated carbocycles. The molecular formula is C11H10BrNO6. The fraction of sp³-hybridized carbons (Fsp3) is 0.182. The predicted octanol–water partition coefficient (Wildman–Crippen LogP) is 0.766. The summed E-state index contributed by atoms with van der Waals surface area (Å²) < 4.78 is 0.532.